The molecule has 2 heterocycles. The number of hydrogen-bond donors (Lipinski definition) is 0. The third-order valence-corrected chi connectivity index (χ3v) is 5.92. The summed E-state index contributed by atoms with van der Waals surface area (Å²) in [5.74, 6) is 0.706. The van der Waals surface area contributed by atoms with E-state index in [9.17, 15) is 9.59 Å². The molecule has 2 aromatic heterocycles. The Kier molecular flexibility index (Phi) is 5.53. The van der Waals surface area contributed by atoms with Crippen LogP contribution in [0.1, 0.15) is 29.0 Å². The van der Waals surface area contributed by atoms with Crippen molar-refractivity contribution >= 4 is 27.6 Å². The predicted molar refractivity (Wildman–Crippen MR) is 131 cm³/mol. The van der Waals surface area contributed by atoms with Gasteiger partial charge >= 0.3 is 0 Å². The SMILES string of the molecule is Cc1nc2ccccc2c(=O)n1CCCC(=O)c1cc(-c2ccccc2)nc2ccccc12. The first-order valence-electron chi connectivity index (χ1n) is 11.1. The quantitative estimate of drug-likeness (QED) is 0.328. The molecule has 0 fully saturated rings. The molecule has 5 rings (SSSR count). The molecule has 0 N–H and O–H groups in total. The van der Waals surface area contributed by atoms with E-state index in [0.29, 0.717) is 41.7 Å². The van der Waals surface area contributed by atoms with Crippen LogP contribution in [-0.2, 0) is 6.54 Å². The number of ketones is 1. The molecule has 0 saturated heterocycles. The first-order chi connectivity index (χ1) is 16.1. The standard InChI is InChI=1S/C28H23N3O2/c1-19-29-25-15-8-6-13-22(25)28(33)31(19)17-9-16-27(32)23-18-26(20-10-3-2-4-11-20)30-24-14-7-5-12-21(23)24/h2-8,10-15,18H,9,16-17H2,1H3. The summed E-state index contributed by atoms with van der Waals surface area (Å²) >= 11 is 0. The molecule has 0 atom stereocenters. The summed E-state index contributed by atoms with van der Waals surface area (Å²) in [4.78, 5) is 35.5. The fourth-order valence-corrected chi connectivity index (χ4v) is 4.24. The van der Waals surface area contributed by atoms with Gasteiger partial charge in [0.1, 0.15) is 5.82 Å². The Bertz CT molecular complexity index is 1540. The lowest BCUT2D eigenvalue weighted by Gasteiger charge is -2.12. The number of benzene rings is 3. The summed E-state index contributed by atoms with van der Waals surface area (Å²) in [6.07, 6.45) is 0.887. The smallest absolute Gasteiger partial charge is 0.261 e. The van der Waals surface area contributed by atoms with Crippen molar-refractivity contribution in [2.24, 2.45) is 0 Å². The molecule has 0 saturated carbocycles. The lowest BCUT2D eigenvalue weighted by molar-refractivity contribution is 0.0980. The number of rotatable bonds is 6. The summed E-state index contributed by atoms with van der Waals surface area (Å²) in [7, 11) is 0. The van der Waals surface area contributed by atoms with E-state index in [1.165, 1.54) is 0 Å². The predicted octanol–water partition coefficient (Wildman–Crippen LogP) is 5.58. The Morgan fingerprint density at radius 2 is 1.45 bits per heavy atom. The highest BCUT2D eigenvalue weighted by Gasteiger charge is 2.15. The van der Waals surface area contributed by atoms with Crippen molar-refractivity contribution in [2.45, 2.75) is 26.3 Å². The van der Waals surface area contributed by atoms with Crippen LogP contribution in [0.15, 0.2) is 89.7 Å². The average Bonchev–Trinajstić information content (AvgIpc) is 2.85. The van der Waals surface area contributed by atoms with Crippen molar-refractivity contribution in [1.29, 1.82) is 0 Å². The molecule has 0 aliphatic carbocycles. The minimum atomic E-state index is -0.0636. The van der Waals surface area contributed by atoms with E-state index in [-0.39, 0.29) is 11.3 Å². The Hall–Kier alpha value is -4.12. The summed E-state index contributed by atoms with van der Waals surface area (Å²) in [6.45, 7) is 2.28. The van der Waals surface area contributed by atoms with Gasteiger partial charge in [0, 0.05) is 29.5 Å². The molecule has 0 bridgehead atoms. The summed E-state index contributed by atoms with van der Waals surface area (Å²) in [5.41, 5.74) is 3.86. The van der Waals surface area contributed by atoms with Gasteiger partial charge in [-0.25, -0.2) is 9.97 Å². The number of fused-ring (bicyclic) bond motifs is 2. The highest BCUT2D eigenvalue weighted by Crippen LogP contribution is 2.26. The highest BCUT2D eigenvalue weighted by atomic mass is 16.1. The van der Waals surface area contributed by atoms with Gasteiger partial charge in [0.2, 0.25) is 0 Å². The van der Waals surface area contributed by atoms with Crippen LogP contribution in [-0.4, -0.2) is 20.3 Å². The Labute approximate surface area is 191 Å². The number of aryl methyl sites for hydroxylation is 1. The number of para-hydroxylation sites is 2. The molecule has 33 heavy (non-hydrogen) atoms. The van der Waals surface area contributed by atoms with Crippen LogP contribution in [0, 0.1) is 6.92 Å². The van der Waals surface area contributed by atoms with E-state index in [2.05, 4.69) is 4.98 Å². The maximum Gasteiger partial charge on any atom is 0.261 e. The molecule has 0 unspecified atom stereocenters. The van der Waals surface area contributed by atoms with Crippen molar-refractivity contribution in [3.05, 3.63) is 107 Å². The lowest BCUT2D eigenvalue weighted by Crippen LogP contribution is -2.24. The van der Waals surface area contributed by atoms with E-state index in [1.807, 2.05) is 85.8 Å². The minimum Gasteiger partial charge on any atom is -0.296 e. The molecule has 5 heteroatoms. The second kappa shape index (κ2) is 8.79. The zero-order valence-corrected chi connectivity index (χ0v) is 18.4. The molecule has 3 aromatic carbocycles. The number of hydrogen-bond acceptors (Lipinski definition) is 4. The van der Waals surface area contributed by atoms with E-state index in [1.54, 1.807) is 10.6 Å². The van der Waals surface area contributed by atoms with Gasteiger partial charge in [-0.15, -0.1) is 0 Å². The second-order valence-corrected chi connectivity index (χ2v) is 8.10. The van der Waals surface area contributed by atoms with Gasteiger partial charge in [-0.05, 0) is 37.6 Å². The summed E-state index contributed by atoms with van der Waals surface area (Å²) in [5, 5.41) is 1.45. The number of nitrogens with zero attached hydrogens (tertiary/aromatic N) is 3. The van der Waals surface area contributed by atoms with Gasteiger partial charge in [-0.3, -0.25) is 14.2 Å². The van der Waals surface area contributed by atoms with E-state index >= 15 is 0 Å². The van der Waals surface area contributed by atoms with Crippen LogP contribution >= 0.6 is 0 Å². The van der Waals surface area contributed by atoms with Crippen molar-refractivity contribution in [1.82, 2.24) is 14.5 Å². The van der Waals surface area contributed by atoms with Crippen LogP contribution in [0.5, 0.6) is 0 Å². The van der Waals surface area contributed by atoms with E-state index in [0.717, 1.165) is 22.2 Å². The summed E-state index contributed by atoms with van der Waals surface area (Å²) in [6, 6.07) is 26.8. The normalized spacial score (nSPS) is 11.2. The van der Waals surface area contributed by atoms with Gasteiger partial charge in [-0.2, -0.15) is 0 Å². The van der Waals surface area contributed by atoms with Crippen LogP contribution in [0.25, 0.3) is 33.1 Å². The largest absolute Gasteiger partial charge is 0.296 e. The number of aromatic nitrogens is 3. The minimum absolute atomic E-state index is 0.0465. The average molecular weight is 434 g/mol. The van der Waals surface area contributed by atoms with E-state index < -0.39 is 0 Å². The number of Topliss-reactive ketones (excluding diaryl/α,β-unsaturated/α-hetero) is 1. The topological polar surface area (TPSA) is 64.8 Å². The zero-order valence-electron chi connectivity index (χ0n) is 18.4. The molecule has 0 radical (unpaired) electrons. The molecule has 0 amide bonds. The van der Waals surface area contributed by atoms with Gasteiger partial charge < -0.3 is 0 Å². The zero-order chi connectivity index (χ0) is 22.8. The first kappa shape index (κ1) is 20.8. The van der Waals surface area contributed by atoms with Crippen LogP contribution in [0.3, 0.4) is 0 Å². The molecular formula is C28H23N3O2. The van der Waals surface area contributed by atoms with Crippen molar-refractivity contribution in [3.63, 3.8) is 0 Å². The molecule has 5 aromatic rings. The van der Waals surface area contributed by atoms with Crippen molar-refractivity contribution in [3.8, 4) is 11.3 Å². The van der Waals surface area contributed by atoms with Crippen LogP contribution in [0.4, 0.5) is 0 Å². The second-order valence-electron chi connectivity index (χ2n) is 8.10. The highest BCUT2D eigenvalue weighted by molar-refractivity contribution is 6.08. The van der Waals surface area contributed by atoms with Gasteiger partial charge in [0.15, 0.2) is 5.78 Å². The first-order valence-corrected chi connectivity index (χ1v) is 11.1. The van der Waals surface area contributed by atoms with Crippen LogP contribution < -0.4 is 5.56 Å². The number of pyridine rings is 1. The number of carbonyl (C=O) groups excluding carboxylic acids is 1. The Balaban J connectivity index is 1.42. The third-order valence-electron chi connectivity index (χ3n) is 5.92. The third kappa shape index (κ3) is 4.05. The van der Waals surface area contributed by atoms with E-state index in [4.69, 9.17) is 4.98 Å². The fourth-order valence-electron chi connectivity index (χ4n) is 4.24. The Morgan fingerprint density at radius 1 is 0.818 bits per heavy atom. The fraction of sp³-hybridized carbons (Fsp3) is 0.143. The maximum atomic E-state index is 13.3. The molecule has 0 spiro atoms. The van der Waals surface area contributed by atoms with Gasteiger partial charge in [0.05, 0.1) is 22.1 Å². The molecule has 162 valence electrons. The van der Waals surface area contributed by atoms with Crippen molar-refractivity contribution in [2.75, 3.05) is 0 Å². The van der Waals surface area contributed by atoms with Gasteiger partial charge in [0.25, 0.3) is 5.56 Å². The molecule has 5 nitrogen and oxygen atoms in total. The van der Waals surface area contributed by atoms with Crippen LogP contribution in [0.2, 0.25) is 0 Å². The maximum absolute atomic E-state index is 13.3. The molecule has 0 aliphatic rings. The number of carbonyl (C=O) groups is 1. The van der Waals surface area contributed by atoms with Gasteiger partial charge in [-0.1, -0.05) is 60.7 Å². The lowest BCUT2D eigenvalue weighted by atomic mass is 9.99. The summed E-state index contributed by atoms with van der Waals surface area (Å²) < 4.78 is 1.66. The molecular weight excluding hydrogens is 410 g/mol. The molecule has 0 aliphatic heterocycles. The Morgan fingerprint density at radius 3 is 2.21 bits per heavy atom. The monoisotopic (exact) mass is 433 g/mol. The van der Waals surface area contributed by atoms with Crippen molar-refractivity contribution < 1.29 is 4.79 Å².